The fourth-order valence-corrected chi connectivity index (χ4v) is 15.0. The molecule has 0 N–H and O–H groups in total. The molecule has 0 radical (unpaired) electrons. The van der Waals surface area contributed by atoms with Gasteiger partial charge in [0.15, 0.2) is 0 Å². The van der Waals surface area contributed by atoms with Crippen LogP contribution in [0.3, 0.4) is 0 Å². The van der Waals surface area contributed by atoms with E-state index in [1.807, 2.05) is 165 Å². The van der Waals surface area contributed by atoms with Crippen LogP contribution in [0.1, 0.15) is 45.1 Å². The largest absolute Gasteiger partial charge is 0.0966 e. The Labute approximate surface area is 513 Å². The topological polar surface area (TPSA) is 46.2 Å². The first-order valence-corrected chi connectivity index (χ1v) is 33.9. The third kappa shape index (κ3) is 23.6. The molecule has 0 saturated heterocycles. The number of benzene rings is 10. The quantitative estimate of drug-likeness (QED) is 0.0672. The summed E-state index contributed by atoms with van der Waals surface area (Å²) in [6.07, 6.45) is 9.76. The Balaban J connectivity index is 0.000000184. The van der Waals surface area contributed by atoms with Gasteiger partial charge in [0.25, 0.3) is 0 Å². The number of para-hydroxylation sites is 2. The summed E-state index contributed by atoms with van der Waals surface area (Å²) in [5, 5.41) is 6.10. The zero-order valence-corrected chi connectivity index (χ0v) is 51.7. The van der Waals surface area contributed by atoms with Gasteiger partial charge in [-0.3, -0.25) is 0 Å². The van der Waals surface area contributed by atoms with Crippen molar-refractivity contribution in [3.63, 3.8) is 0 Å². The fourth-order valence-electron chi connectivity index (χ4n) is 8.97. The molecule has 11 rings (SSSR count). The van der Waals surface area contributed by atoms with Crippen LogP contribution >= 0.6 is 52.2 Å². The van der Waals surface area contributed by atoms with Gasteiger partial charge >= 0.3 is 33.0 Å². The summed E-state index contributed by atoms with van der Waals surface area (Å²) in [4.78, 5) is 0. The van der Waals surface area contributed by atoms with Gasteiger partial charge < -0.3 is 23.7 Å². The number of hydrogen-bond donors (Lipinski definition) is 0. The Kier molecular flexibility index (Phi) is 29.9. The summed E-state index contributed by atoms with van der Waals surface area (Å²) in [6.45, 7) is 2.04. The average molecular weight is 1280 g/mol. The molecule has 10 aromatic rings. The van der Waals surface area contributed by atoms with Crippen molar-refractivity contribution in [1.29, 1.82) is 0 Å². The van der Waals surface area contributed by atoms with Gasteiger partial charge in [0.2, 0.25) is 0 Å². The average Bonchev–Trinajstić information content (AvgIpc) is 4.07. The van der Waals surface area contributed by atoms with Crippen molar-refractivity contribution in [3.8, 4) is 46.0 Å². The molecule has 0 bridgehead atoms. The number of rotatable bonds is 17. The summed E-state index contributed by atoms with van der Waals surface area (Å²) >= 11 is 4.00. The number of methoxy groups -OCH3 is 1. The van der Waals surface area contributed by atoms with Gasteiger partial charge in [-0.25, -0.2) is 0 Å². The van der Waals surface area contributed by atoms with E-state index in [0.29, 0.717) is 18.8 Å². The molecule has 0 unspecified atom stereocenters. The first kappa shape index (κ1) is 64.9. The molecule has 0 aliphatic heterocycles. The second-order valence-corrected chi connectivity index (χ2v) is 26.5. The van der Waals surface area contributed by atoms with Crippen LogP contribution in [0.5, 0.6) is 46.0 Å². The molecule has 1 fully saturated rings. The van der Waals surface area contributed by atoms with Crippen LogP contribution in [0.25, 0.3) is 0 Å². The molecule has 1 aliphatic rings. The van der Waals surface area contributed by atoms with Gasteiger partial charge in [0.1, 0.15) is 46.0 Å². The standard InChI is InChI=1S/C27H26P2.C19H16O2.C18H13BrO2.C6H12O.CH4.2ClH.Ni/c1-5-14-24(15-6-1)28(25-16-7-2-8-17-25)22-13-23-29(26-18-9-3-10-19-26)27-20-11-4-12-21-27;1-15-7-5-10-17(13-15)21-19-12-6-11-18(14-19)20-16-8-3-2-4-9-16;19-14-6-4-9-16(12-14)21-18-11-5-10-17(13-18)20-15-7-2-1-3-8-15;1-7-6-4-2-3-5-6;;;;/h1-12,14-21H,13,22-23H2;2-14H,1H3;1-13H;6H,2-5H2,1H3;1H4;2*1H;/q;;;;;;;+2. The van der Waals surface area contributed by atoms with Crippen molar-refractivity contribution in [2.75, 3.05) is 19.4 Å². The Morgan fingerprint density at radius 1 is 0.390 bits per heavy atom. The fraction of sp³-hybridized carbons (Fsp3) is 0.155. The Hall–Kier alpha value is -6.23. The zero-order valence-electron chi connectivity index (χ0n) is 45.6. The minimum Gasteiger partial charge on any atom is -0.0620 e. The van der Waals surface area contributed by atoms with E-state index in [1.54, 1.807) is 7.11 Å². The molecule has 426 valence electrons. The maximum atomic E-state index is 5.86. The van der Waals surface area contributed by atoms with E-state index in [9.17, 15) is 0 Å². The Bertz CT molecular complexity index is 2990. The van der Waals surface area contributed by atoms with Crippen LogP contribution in [0.2, 0.25) is 0 Å². The van der Waals surface area contributed by atoms with E-state index in [0.717, 1.165) is 50.5 Å². The summed E-state index contributed by atoms with van der Waals surface area (Å²) in [5.74, 6) is 6.21. The van der Waals surface area contributed by atoms with E-state index < -0.39 is 15.8 Å². The van der Waals surface area contributed by atoms with E-state index in [4.69, 9.17) is 44.1 Å². The summed E-state index contributed by atoms with van der Waals surface area (Å²) in [5.41, 5.74) is 1.17. The predicted octanol–water partition coefficient (Wildman–Crippen LogP) is 20.3. The predicted molar refractivity (Wildman–Crippen MR) is 354 cm³/mol. The van der Waals surface area contributed by atoms with Crippen LogP contribution in [0.15, 0.2) is 284 Å². The Morgan fingerprint density at radius 2 is 0.671 bits per heavy atom. The first-order valence-electron chi connectivity index (χ1n) is 27.0. The van der Waals surface area contributed by atoms with Crippen molar-refractivity contribution in [3.05, 3.63) is 289 Å². The van der Waals surface area contributed by atoms with Gasteiger partial charge in [-0.15, -0.1) is 0 Å². The van der Waals surface area contributed by atoms with Crippen molar-refractivity contribution < 1.29 is 36.3 Å². The molecular weight excluding hydrogens is 1200 g/mol. The number of aryl methyl sites for hydroxylation is 1. The van der Waals surface area contributed by atoms with Crippen LogP contribution in [0.4, 0.5) is 0 Å². The third-order valence-corrected chi connectivity index (χ3v) is 19.1. The van der Waals surface area contributed by atoms with Gasteiger partial charge in [0, 0.05) is 30.1 Å². The smallest absolute Gasteiger partial charge is 0.0620 e. The van der Waals surface area contributed by atoms with Crippen LogP contribution < -0.4 is 40.2 Å². The van der Waals surface area contributed by atoms with Crippen LogP contribution in [-0.4, -0.2) is 25.5 Å². The monoisotopic (exact) mass is 1270 g/mol. The normalized spacial score (nSPS) is 11.4. The molecular formula is C71H73BrCl2NiO5P2+2. The number of halogens is 3. The molecule has 0 heterocycles. The molecule has 5 nitrogen and oxygen atoms in total. The molecule has 0 aromatic heterocycles. The maximum absolute atomic E-state index is 5.86. The minimum absolute atomic E-state index is 0. The summed E-state index contributed by atoms with van der Waals surface area (Å²) in [6, 6.07) is 94.9. The molecule has 0 amide bonds. The van der Waals surface area contributed by atoms with E-state index >= 15 is 0 Å². The van der Waals surface area contributed by atoms with Crippen molar-refractivity contribution in [2.45, 2.75) is 52.6 Å². The molecule has 10 aromatic carbocycles. The molecule has 1 aliphatic carbocycles. The van der Waals surface area contributed by atoms with Gasteiger partial charge in [0.05, 0.1) is 55.5 Å². The number of ether oxygens (including phenoxy) is 5. The van der Waals surface area contributed by atoms with Crippen LogP contribution in [-0.2, 0) is 17.4 Å². The van der Waals surface area contributed by atoms with Gasteiger partial charge in [-0.2, -0.15) is 0 Å². The minimum atomic E-state index is -0.742. The van der Waals surface area contributed by atoms with Crippen LogP contribution in [0, 0.1) is 6.92 Å². The van der Waals surface area contributed by atoms with Crippen molar-refractivity contribution in [1.82, 2.24) is 0 Å². The summed E-state index contributed by atoms with van der Waals surface area (Å²) < 4.78 is 29.4. The first-order chi connectivity index (χ1) is 39.8. The van der Waals surface area contributed by atoms with E-state index in [2.05, 4.69) is 137 Å². The molecule has 0 atom stereocenters. The van der Waals surface area contributed by atoms with Crippen molar-refractivity contribution in [2.24, 2.45) is 0 Å². The van der Waals surface area contributed by atoms with E-state index in [1.165, 1.54) is 71.2 Å². The summed E-state index contributed by atoms with van der Waals surface area (Å²) in [7, 11) is 9.72. The second-order valence-electron chi connectivity index (χ2n) is 18.7. The number of hydrogen-bond acceptors (Lipinski definition) is 5. The van der Waals surface area contributed by atoms with Crippen molar-refractivity contribution >= 4 is 73.4 Å². The third-order valence-electron chi connectivity index (χ3n) is 12.8. The SMILES string of the molecule is Brc1cccc(Oc2cccc(Oc3ccccc3)c2)c1.C.COC1CCCC1.Cc1cccc(Oc2cccc(Oc3ccccc3)c2)c1.[Cl][Ni][Cl].c1ccc([PH+](CCC[PH+](c2ccccc2)c2ccccc2)c2ccccc2)cc1. The Morgan fingerprint density at radius 3 is 0.988 bits per heavy atom. The maximum Gasteiger partial charge on any atom is 0.0966 e. The molecule has 0 spiro atoms. The van der Waals surface area contributed by atoms with Gasteiger partial charge in [-0.05, 0) is 153 Å². The van der Waals surface area contributed by atoms with E-state index in [-0.39, 0.29) is 7.43 Å². The molecule has 11 heteroatoms. The van der Waals surface area contributed by atoms with Gasteiger partial charge in [-0.1, -0.05) is 176 Å². The molecule has 82 heavy (non-hydrogen) atoms. The zero-order chi connectivity index (χ0) is 56.5. The molecule has 1 saturated carbocycles. The second kappa shape index (κ2) is 37.8.